The van der Waals surface area contributed by atoms with Gasteiger partial charge in [0, 0.05) is 19.5 Å². The second-order valence-electron chi connectivity index (χ2n) is 4.38. The first-order chi connectivity index (χ1) is 8.08. The predicted molar refractivity (Wildman–Crippen MR) is 67.6 cm³/mol. The summed E-state index contributed by atoms with van der Waals surface area (Å²) in [7, 11) is 5.36. The van der Waals surface area contributed by atoms with Crippen LogP contribution < -0.4 is 15.0 Å². The van der Waals surface area contributed by atoms with E-state index in [2.05, 4.69) is 5.32 Å². The number of hydrogen-bond acceptors (Lipinski definition) is 3. The van der Waals surface area contributed by atoms with Crippen LogP contribution in [0.15, 0.2) is 12.1 Å². The maximum absolute atomic E-state index is 11.9. The summed E-state index contributed by atoms with van der Waals surface area (Å²) >= 11 is 0. The lowest BCUT2D eigenvalue weighted by Gasteiger charge is -2.33. The average Bonchev–Trinajstić information content (AvgIpc) is 2.32. The van der Waals surface area contributed by atoms with Gasteiger partial charge in [-0.1, -0.05) is 0 Å². The van der Waals surface area contributed by atoms with Crippen LogP contribution in [0.5, 0.6) is 5.75 Å². The van der Waals surface area contributed by atoms with Crippen molar-refractivity contribution in [3.63, 3.8) is 0 Å². The number of hydrogen-bond donors (Lipinski definition) is 1. The number of nitrogens with one attached hydrogen (secondary N) is 1. The predicted octanol–water partition coefficient (Wildman–Crippen LogP) is 1.63. The molecule has 1 N–H and O–H groups in total. The zero-order chi connectivity index (χ0) is 12.6. The molecule has 1 amide bonds. The van der Waals surface area contributed by atoms with Crippen LogP contribution in [0.25, 0.3) is 0 Å². The van der Waals surface area contributed by atoms with Crippen LogP contribution >= 0.6 is 0 Å². The third kappa shape index (κ3) is 1.89. The van der Waals surface area contributed by atoms with Gasteiger partial charge in [0.1, 0.15) is 5.75 Å². The normalized spacial score (nSPS) is 19.2. The van der Waals surface area contributed by atoms with E-state index in [9.17, 15) is 4.79 Å². The van der Waals surface area contributed by atoms with E-state index in [1.165, 1.54) is 0 Å². The van der Waals surface area contributed by atoms with E-state index >= 15 is 0 Å². The lowest BCUT2D eigenvalue weighted by Crippen LogP contribution is -2.37. The Morgan fingerprint density at radius 3 is 2.76 bits per heavy atom. The van der Waals surface area contributed by atoms with Crippen LogP contribution in [0.4, 0.5) is 5.69 Å². The second-order valence-corrected chi connectivity index (χ2v) is 4.38. The molecular weight excluding hydrogens is 216 g/mol. The van der Waals surface area contributed by atoms with Crippen molar-refractivity contribution in [1.82, 2.24) is 5.32 Å². The molecule has 1 unspecified atom stereocenters. The van der Waals surface area contributed by atoms with E-state index in [0.29, 0.717) is 6.42 Å². The van der Waals surface area contributed by atoms with Gasteiger partial charge in [0.05, 0.1) is 12.8 Å². The molecule has 1 atom stereocenters. The maximum atomic E-state index is 11.9. The fraction of sp³-hybridized carbons (Fsp3) is 0.462. The van der Waals surface area contributed by atoms with Gasteiger partial charge in [0.15, 0.2) is 0 Å². The van der Waals surface area contributed by atoms with Crippen molar-refractivity contribution in [2.75, 3.05) is 26.1 Å². The molecule has 1 aliphatic heterocycles. The van der Waals surface area contributed by atoms with Crippen LogP contribution in [0.1, 0.15) is 23.6 Å². The van der Waals surface area contributed by atoms with Crippen molar-refractivity contribution >= 4 is 11.6 Å². The number of fused-ring (bicyclic) bond motifs is 1. The van der Waals surface area contributed by atoms with Crippen molar-refractivity contribution in [3.05, 3.63) is 23.3 Å². The number of carbonyl (C=O) groups is 1. The minimum atomic E-state index is 0.0718. The molecule has 0 spiro atoms. The molecule has 0 saturated carbocycles. The van der Waals surface area contributed by atoms with E-state index in [1.807, 2.05) is 33.2 Å². The van der Waals surface area contributed by atoms with E-state index in [-0.39, 0.29) is 11.9 Å². The highest BCUT2D eigenvalue weighted by molar-refractivity contribution is 5.97. The fourth-order valence-corrected chi connectivity index (χ4v) is 2.42. The first kappa shape index (κ1) is 11.9. The Morgan fingerprint density at radius 1 is 1.47 bits per heavy atom. The highest BCUT2D eigenvalue weighted by atomic mass is 16.5. The molecule has 0 bridgehead atoms. The smallest absolute Gasteiger partial charge is 0.228 e. The van der Waals surface area contributed by atoms with Gasteiger partial charge in [-0.05, 0) is 37.2 Å². The first-order valence-corrected chi connectivity index (χ1v) is 5.70. The molecule has 0 saturated heterocycles. The zero-order valence-corrected chi connectivity index (χ0v) is 10.7. The summed E-state index contributed by atoms with van der Waals surface area (Å²) in [6, 6.07) is 4.04. The Balaban J connectivity index is 2.60. The fourth-order valence-electron chi connectivity index (χ4n) is 2.42. The van der Waals surface area contributed by atoms with Crippen LogP contribution in [-0.2, 0) is 4.79 Å². The van der Waals surface area contributed by atoms with E-state index < -0.39 is 0 Å². The molecule has 1 aromatic carbocycles. The molecule has 4 heteroatoms. The maximum Gasteiger partial charge on any atom is 0.228 e. The summed E-state index contributed by atoms with van der Waals surface area (Å²) < 4.78 is 5.28. The van der Waals surface area contributed by atoms with E-state index in [4.69, 9.17) is 4.74 Å². The van der Waals surface area contributed by atoms with E-state index in [1.54, 1.807) is 12.0 Å². The Hall–Kier alpha value is -1.55. The minimum absolute atomic E-state index is 0.0718. The van der Waals surface area contributed by atoms with E-state index in [0.717, 1.165) is 22.6 Å². The van der Waals surface area contributed by atoms with Crippen molar-refractivity contribution in [2.45, 2.75) is 19.4 Å². The Bertz CT molecular complexity index is 457. The summed E-state index contributed by atoms with van der Waals surface area (Å²) in [6.07, 6.45) is 0.493. The minimum Gasteiger partial charge on any atom is -0.497 e. The van der Waals surface area contributed by atoms with Crippen molar-refractivity contribution in [2.24, 2.45) is 0 Å². The standard InChI is InChI=1S/C13H18N2O2/c1-8-5-9(17-4)6-10-11(14-2)7-12(16)15(3)13(8)10/h5-6,11,14H,7H2,1-4H3. The van der Waals surface area contributed by atoms with Gasteiger partial charge in [0.25, 0.3) is 0 Å². The quantitative estimate of drug-likeness (QED) is 0.845. The van der Waals surface area contributed by atoms with Crippen molar-refractivity contribution in [3.8, 4) is 5.75 Å². The van der Waals surface area contributed by atoms with Gasteiger partial charge in [-0.3, -0.25) is 4.79 Å². The van der Waals surface area contributed by atoms with Crippen LogP contribution in [0, 0.1) is 6.92 Å². The molecule has 0 aliphatic carbocycles. The lowest BCUT2D eigenvalue weighted by molar-refractivity contribution is -0.119. The zero-order valence-electron chi connectivity index (χ0n) is 10.7. The van der Waals surface area contributed by atoms with Crippen LogP contribution in [0.2, 0.25) is 0 Å². The molecule has 1 aromatic rings. The number of amides is 1. The van der Waals surface area contributed by atoms with Gasteiger partial charge in [0.2, 0.25) is 5.91 Å². The summed E-state index contributed by atoms with van der Waals surface area (Å²) in [4.78, 5) is 13.6. The summed E-state index contributed by atoms with van der Waals surface area (Å²) in [5.41, 5.74) is 3.20. The monoisotopic (exact) mass is 234 g/mol. The number of benzene rings is 1. The molecule has 92 valence electrons. The Kier molecular flexibility index (Phi) is 3.07. The molecule has 1 aliphatic rings. The number of carbonyl (C=O) groups excluding carboxylic acids is 1. The highest BCUT2D eigenvalue weighted by Crippen LogP contribution is 2.38. The third-order valence-electron chi connectivity index (χ3n) is 3.35. The molecule has 4 nitrogen and oxygen atoms in total. The third-order valence-corrected chi connectivity index (χ3v) is 3.35. The number of rotatable bonds is 2. The summed E-state index contributed by atoms with van der Waals surface area (Å²) in [5.74, 6) is 0.981. The Morgan fingerprint density at radius 2 is 2.18 bits per heavy atom. The molecular formula is C13H18N2O2. The van der Waals surface area contributed by atoms with Crippen LogP contribution in [-0.4, -0.2) is 27.1 Å². The van der Waals surface area contributed by atoms with Gasteiger partial charge in [-0.15, -0.1) is 0 Å². The summed E-state index contributed by atoms with van der Waals surface area (Å²) in [6.45, 7) is 2.00. The Labute approximate surface area is 102 Å². The second kappa shape index (κ2) is 4.37. The molecule has 17 heavy (non-hydrogen) atoms. The van der Waals surface area contributed by atoms with Gasteiger partial charge < -0.3 is 15.0 Å². The largest absolute Gasteiger partial charge is 0.497 e. The number of nitrogens with zero attached hydrogens (tertiary/aromatic N) is 1. The highest BCUT2D eigenvalue weighted by Gasteiger charge is 2.29. The van der Waals surface area contributed by atoms with Gasteiger partial charge in [-0.25, -0.2) is 0 Å². The van der Waals surface area contributed by atoms with Crippen LogP contribution in [0.3, 0.4) is 0 Å². The lowest BCUT2D eigenvalue weighted by atomic mass is 9.93. The number of methoxy groups -OCH3 is 1. The van der Waals surface area contributed by atoms with Crippen molar-refractivity contribution < 1.29 is 9.53 Å². The molecule has 0 radical (unpaired) electrons. The number of aryl methyl sites for hydroxylation is 1. The summed E-state index contributed by atoms with van der Waals surface area (Å²) in [5, 5.41) is 3.19. The topological polar surface area (TPSA) is 41.6 Å². The SMILES string of the molecule is CNC1CC(=O)N(C)c2c(C)cc(OC)cc21. The first-order valence-electron chi connectivity index (χ1n) is 5.70. The molecule has 0 aromatic heterocycles. The molecule has 0 fully saturated rings. The number of anilines is 1. The molecule has 1 heterocycles. The van der Waals surface area contributed by atoms with Gasteiger partial charge >= 0.3 is 0 Å². The van der Waals surface area contributed by atoms with Gasteiger partial charge in [-0.2, -0.15) is 0 Å². The molecule has 2 rings (SSSR count). The number of ether oxygens (including phenoxy) is 1. The average molecular weight is 234 g/mol. The van der Waals surface area contributed by atoms with Crippen molar-refractivity contribution in [1.29, 1.82) is 0 Å².